The lowest BCUT2D eigenvalue weighted by Crippen LogP contribution is -2.25. The Morgan fingerprint density at radius 1 is 1.14 bits per heavy atom. The summed E-state index contributed by atoms with van der Waals surface area (Å²) < 4.78 is 2.24. The number of hydrogen-bond donors (Lipinski definition) is 0. The number of fused-ring (bicyclic) bond motifs is 2. The van der Waals surface area contributed by atoms with Crippen molar-refractivity contribution in [1.82, 2.24) is 9.55 Å². The summed E-state index contributed by atoms with van der Waals surface area (Å²) in [6, 6.07) is 4.33. The zero-order chi connectivity index (χ0) is 15.7. The van der Waals surface area contributed by atoms with Crippen molar-refractivity contribution in [2.24, 2.45) is 7.05 Å². The Bertz CT molecular complexity index is 930. The SMILES string of the molecule is C=C.C=c1/c(=C\C)n(C)c2c(C)c3ccnc(C)c3cc12. The van der Waals surface area contributed by atoms with Crippen molar-refractivity contribution in [3.63, 3.8) is 0 Å². The van der Waals surface area contributed by atoms with E-state index in [0.717, 1.165) is 10.9 Å². The van der Waals surface area contributed by atoms with Crippen molar-refractivity contribution >= 4 is 34.3 Å². The Labute approximate surface area is 125 Å². The van der Waals surface area contributed by atoms with Crippen molar-refractivity contribution in [2.45, 2.75) is 20.8 Å². The number of rotatable bonds is 0. The molecule has 0 N–H and O–H groups in total. The van der Waals surface area contributed by atoms with Gasteiger partial charge in [0, 0.05) is 35.1 Å². The third kappa shape index (κ3) is 2.07. The van der Waals surface area contributed by atoms with Crippen molar-refractivity contribution in [2.75, 3.05) is 0 Å². The van der Waals surface area contributed by atoms with E-state index in [-0.39, 0.29) is 0 Å². The molecule has 2 heteroatoms. The first kappa shape index (κ1) is 15.0. The molecule has 0 aliphatic rings. The first-order valence-corrected chi connectivity index (χ1v) is 7.05. The number of aromatic nitrogens is 2. The van der Waals surface area contributed by atoms with Gasteiger partial charge in [-0.1, -0.05) is 12.7 Å². The molecule has 0 aliphatic carbocycles. The van der Waals surface area contributed by atoms with Gasteiger partial charge in [0.05, 0.1) is 5.52 Å². The molecule has 2 nitrogen and oxygen atoms in total. The standard InChI is InChI=1S/C17H18N2.C2H4/c1-6-16-10(2)14-9-15-12(4)18-8-7-13(15)11(3)17(14)19(16)5;1-2/h6-9H,2H2,1,3-5H3;1-2H2/b16-6+;. The first-order chi connectivity index (χ1) is 10.1. The van der Waals surface area contributed by atoms with Gasteiger partial charge in [-0.3, -0.25) is 4.98 Å². The molecular weight excluding hydrogens is 256 g/mol. The zero-order valence-electron chi connectivity index (χ0n) is 13.3. The molecule has 0 fully saturated rings. The Morgan fingerprint density at radius 2 is 1.81 bits per heavy atom. The van der Waals surface area contributed by atoms with Crippen LogP contribution in [0.15, 0.2) is 31.5 Å². The van der Waals surface area contributed by atoms with Gasteiger partial charge < -0.3 is 4.57 Å². The van der Waals surface area contributed by atoms with Crippen LogP contribution in [0.5, 0.6) is 0 Å². The predicted molar refractivity (Wildman–Crippen MR) is 93.9 cm³/mol. The van der Waals surface area contributed by atoms with Crippen LogP contribution in [0.3, 0.4) is 0 Å². The highest BCUT2D eigenvalue weighted by Crippen LogP contribution is 2.26. The zero-order valence-corrected chi connectivity index (χ0v) is 13.3. The van der Waals surface area contributed by atoms with Crippen molar-refractivity contribution in [3.05, 3.63) is 53.3 Å². The molecule has 2 heterocycles. The topological polar surface area (TPSA) is 17.8 Å². The maximum Gasteiger partial charge on any atom is 0.0524 e. The number of aryl methyl sites for hydroxylation is 3. The van der Waals surface area contributed by atoms with Crippen LogP contribution < -0.4 is 10.6 Å². The molecule has 2 aromatic heterocycles. The van der Waals surface area contributed by atoms with Gasteiger partial charge >= 0.3 is 0 Å². The molecule has 0 radical (unpaired) electrons. The van der Waals surface area contributed by atoms with E-state index in [1.807, 2.05) is 6.20 Å². The molecule has 0 amide bonds. The molecule has 1 aromatic carbocycles. The van der Waals surface area contributed by atoms with Crippen LogP contribution in [0, 0.1) is 13.8 Å². The monoisotopic (exact) mass is 278 g/mol. The van der Waals surface area contributed by atoms with Gasteiger partial charge in [-0.05, 0) is 49.1 Å². The largest absolute Gasteiger partial charge is 0.344 e. The second kappa shape index (κ2) is 5.57. The van der Waals surface area contributed by atoms with E-state index in [0.29, 0.717) is 0 Å². The molecule has 0 spiro atoms. The van der Waals surface area contributed by atoms with Crippen LogP contribution in [0.2, 0.25) is 0 Å². The number of benzene rings is 1. The van der Waals surface area contributed by atoms with Crippen LogP contribution in [-0.2, 0) is 7.05 Å². The number of nitrogens with zero attached hydrogens (tertiary/aromatic N) is 2. The summed E-state index contributed by atoms with van der Waals surface area (Å²) in [4.78, 5) is 4.40. The van der Waals surface area contributed by atoms with Gasteiger partial charge in [0.1, 0.15) is 0 Å². The fourth-order valence-corrected chi connectivity index (χ4v) is 3.12. The van der Waals surface area contributed by atoms with E-state index < -0.39 is 0 Å². The van der Waals surface area contributed by atoms with Gasteiger partial charge in [0.25, 0.3) is 0 Å². The van der Waals surface area contributed by atoms with Gasteiger partial charge in [-0.2, -0.15) is 0 Å². The van der Waals surface area contributed by atoms with Crippen LogP contribution in [0.1, 0.15) is 18.2 Å². The highest BCUT2D eigenvalue weighted by atomic mass is 14.9. The molecule has 108 valence electrons. The molecule has 0 atom stereocenters. The Kier molecular flexibility index (Phi) is 3.99. The molecule has 3 rings (SSSR count). The van der Waals surface area contributed by atoms with Crippen molar-refractivity contribution in [1.29, 1.82) is 0 Å². The number of hydrogen-bond acceptors (Lipinski definition) is 1. The summed E-state index contributed by atoms with van der Waals surface area (Å²) in [6.45, 7) is 16.6. The second-order valence-corrected chi connectivity index (χ2v) is 5.10. The molecule has 0 aliphatic heterocycles. The minimum absolute atomic E-state index is 1.08. The van der Waals surface area contributed by atoms with E-state index in [2.05, 4.69) is 75.3 Å². The normalized spacial score (nSPS) is 11.7. The molecule has 3 aromatic rings. The summed E-state index contributed by atoms with van der Waals surface area (Å²) >= 11 is 0. The minimum Gasteiger partial charge on any atom is -0.344 e. The van der Waals surface area contributed by atoms with E-state index in [4.69, 9.17) is 0 Å². The fourth-order valence-electron chi connectivity index (χ4n) is 3.12. The third-order valence-electron chi connectivity index (χ3n) is 4.10. The molecular formula is C19H22N2. The fraction of sp³-hybridized carbons (Fsp3) is 0.211. The Morgan fingerprint density at radius 3 is 2.43 bits per heavy atom. The molecule has 21 heavy (non-hydrogen) atoms. The maximum atomic E-state index is 4.40. The maximum absolute atomic E-state index is 4.40. The van der Waals surface area contributed by atoms with E-state index in [1.54, 1.807) is 0 Å². The summed E-state index contributed by atoms with van der Waals surface area (Å²) in [6.07, 6.45) is 4.01. The van der Waals surface area contributed by atoms with Crippen LogP contribution in [0.25, 0.3) is 34.3 Å². The van der Waals surface area contributed by atoms with Gasteiger partial charge in [-0.25, -0.2) is 0 Å². The predicted octanol–water partition coefficient (Wildman–Crippen LogP) is 3.36. The second-order valence-electron chi connectivity index (χ2n) is 5.10. The quantitative estimate of drug-likeness (QED) is 0.577. The van der Waals surface area contributed by atoms with Gasteiger partial charge in [-0.15, -0.1) is 13.2 Å². The Balaban J connectivity index is 0.000000774. The molecule has 0 saturated carbocycles. The van der Waals surface area contributed by atoms with Gasteiger partial charge in [0.15, 0.2) is 0 Å². The van der Waals surface area contributed by atoms with E-state index in [9.17, 15) is 0 Å². The summed E-state index contributed by atoms with van der Waals surface area (Å²) in [5.41, 5.74) is 3.66. The first-order valence-electron chi connectivity index (χ1n) is 7.05. The van der Waals surface area contributed by atoms with Gasteiger partial charge in [0.2, 0.25) is 0 Å². The molecule has 0 saturated heterocycles. The van der Waals surface area contributed by atoms with Crippen molar-refractivity contribution < 1.29 is 0 Å². The lowest BCUT2D eigenvalue weighted by Gasteiger charge is -2.08. The minimum atomic E-state index is 1.08. The van der Waals surface area contributed by atoms with Crippen LogP contribution >= 0.6 is 0 Å². The van der Waals surface area contributed by atoms with Crippen LogP contribution in [-0.4, -0.2) is 9.55 Å². The van der Waals surface area contributed by atoms with E-state index in [1.165, 1.54) is 32.6 Å². The van der Waals surface area contributed by atoms with Crippen molar-refractivity contribution in [3.8, 4) is 0 Å². The average Bonchev–Trinajstić information content (AvgIpc) is 2.74. The third-order valence-corrected chi connectivity index (χ3v) is 4.10. The summed E-state index contributed by atoms with van der Waals surface area (Å²) in [5.74, 6) is 0. The highest BCUT2D eigenvalue weighted by molar-refractivity contribution is 6.02. The summed E-state index contributed by atoms with van der Waals surface area (Å²) in [7, 11) is 2.11. The molecule has 0 unspecified atom stereocenters. The highest BCUT2D eigenvalue weighted by Gasteiger charge is 2.11. The lowest BCUT2D eigenvalue weighted by molar-refractivity contribution is 0.921. The van der Waals surface area contributed by atoms with E-state index >= 15 is 0 Å². The van der Waals surface area contributed by atoms with Crippen LogP contribution in [0.4, 0.5) is 0 Å². The Hall–Kier alpha value is -2.35. The average molecular weight is 278 g/mol. The summed E-state index contributed by atoms with van der Waals surface area (Å²) in [5, 5.41) is 6.04. The molecule has 0 bridgehead atoms. The smallest absolute Gasteiger partial charge is 0.0524 e. The number of pyridine rings is 1. The lowest BCUT2D eigenvalue weighted by atomic mass is 10.0.